The van der Waals surface area contributed by atoms with E-state index in [-0.39, 0.29) is 12.3 Å². The van der Waals surface area contributed by atoms with E-state index in [2.05, 4.69) is 9.72 Å². The monoisotopic (exact) mass is 195 g/mol. The molecule has 76 valence electrons. The zero-order chi connectivity index (χ0) is 12.2. The summed E-state index contributed by atoms with van der Waals surface area (Å²) in [6.45, 7) is 3.78. The van der Waals surface area contributed by atoms with Gasteiger partial charge in [0.25, 0.3) is 0 Å². The molecule has 0 aliphatic carbocycles. The van der Waals surface area contributed by atoms with Gasteiger partial charge in [-0.3, -0.25) is 9.78 Å². The quantitative estimate of drug-likeness (QED) is 0.687. The molecule has 1 rings (SSSR count). The first-order valence-corrected chi connectivity index (χ1v) is 4.65. The Kier molecular flexibility index (Phi) is 3.06. The van der Waals surface area contributed by atoms with Crippen molar-refractivity contribution in [1.29, 1.82) is 0 Å². The zero-order valence-corrected chi connectivity index (χ0v) is 8.41. The number of aryl methyl sites for hydroxylation is 1. The fourth-order valence-corrected chi connectivity index (χ4v) is 0.979. The summed E-state index contributed by atoms with van der Waals surface area (Å²) >= 11 is 0. The van der Waals surface area contributed by atoms with Gasteiger partial charge in [-0.05, 0) is 25.0 Å². The molecule has 3 nitrogen and oxygen atoms in total. The van der Waals surface area contributed by atoms with Gasteiger partial charge in [0.2, 0.25) is 0 Å². The van der Waals surface area contributed by atoms with Crippen molar-refractivity contribution in [1.82, 2.24) is 4.98 Å². The number of ether oxygens (including phenoxy) is 1. The van der Waals surface area contributed by atoms with Crippen molar-refractivity contribution in [3.63, 3.8) is 0 Å². The zero-order valence-electron chi connectivity index (χ0n) is 10.4. The lowest BCUT2D eigenvalue weighted by atomic mass is 10.2. The highest BCUT2D eigenvalue weighted by atomic mass is 16.5. The summed E-state index contributed by atoms with van der Waals surface area (Å²) in [7, 11) is 0. The SMILES string of the molecule is [2H]C([2H])(C(=O)OCC)c1ccc(CC)cn1. The van der Waals surface area contributed by atoms with Crippen LogP contribution in [0.15, 0.2) is 18.3 Å². The largest absolute Gasteiger partial charge is 0.466 e. The van der Waals surface area contributed by atoms with E-state index in [9.17, 15) is 4.79 Å². The van der Waals surface area contributed by atoms with Gasteiger partial charge < -0.3 is 4.74 Å². The second-order valence-corrected chi connectivity index (χ2v) is 2.75. The minimum atomic E-state index is -2.18. The van der Waals surface area contributed by atoms with Crippen LogP contribution in [0.3, 0.4) is 0 Å². The molecule has 0 saturated carbocycles. The van der Waals surface area contributed by atoms with Crippen LogP contribution in [-0.4, -0.2) is 17.6 Å². The summed E-state index contributed by atoms with van der Waals surface area (Å²) in [4.78, 5) is 15.3. The van der Waals surface area contributed by atoms with Crippen molar-refractivity contribution in [3.8, 4) is 0 Å². The first kappa shape index (κ1) is 7.97. The average Bonchev–Trinajstić information content (AvgIpc) is 2.29. The molecule has 0 saturated heterocycles. The van der Waals surface area contributed by atoms with Gasteiger partial charge in [0.1, 0.15) is 0 Å². The van der Waals surface area contributed by atoms with Crippen LogP contribution in [0.25, 0.3) is 0 Å². The Morgan fingerprint density at radius 3 is 2.86 bits per heavy atom. The Morgan fingerprint density at radius 2 is 2.36 bits per heavy atom. The third kappa shape index (κ3) is 3.17. The van der Waals surface area contributed by atoms with Gasteiger partial charge in [0.15, 0.2) is 0 Å². The molecule has 0 unspecified atom stereocenters. The molecule has 0 amide bonds. The number of carbonyl (C=O) groups is 1. The number of esters is 1. The molecule has 0 atom stereocenters. The second kappa shape index (κ2) is 5.37. The number of aromatic nitrogens is 1. The Bertz CT molecular complexity index is 363. The Morgan fingerprint density at radius 1 is 1.57 bits per heavy atom. The van der Waals surface area contributed by atoms with Crippen LogP contribution in [0.1, 0.15) is 27.8 Å². The van der Waals surface area contributed by atoms with E-state index in [0.717, 1.165) is 12.0 Å². The number of pyridine rings is 1. The highest BCUT2D eigenvalue weighted by Gasteiger charge is 2.04. The lowest BCUT2D eigenvalue weighted by molar-refractivity contribution is -0.142. The van der Waals surface area contributed by atoms with E-state index < -0.39 is 12.3 Å². The molecule has 1 aromatic heterocycles. The molecule has 0 aliphatic rings. The molecule has 1 heterocycles. The molecular weight excluding hydrogens is 178 g/mol. The van der Waals surface area contributed by atoms with E-state index in [0.29, 0.717) is 0 Å². The third-order valence-electron chi connectivity index (χ3n) is 1.74. The molecule has 0 aromatic carbocycles. The maximum absolute atomic E-state index is 11.4. The Labute approximate surface area is 86.9 Å². The molecule has 0 bridgehead atoms. The van der Waals surface area contributed by atoms with Gasteiger partial charge in [-0.15, -0.1) is 0 Å². The van der Waals surface area contributed by atoms with Crippen LogP contribution in [-0.2, 0) is 22.3 Å². The highest BCUT2D eigenvalue weighted by molar-refractivity contribution is 5.71. The highest BCUT2D eigenvalue weighted by Crippen LogP contribution is 2.02. The Hall–Kier alpha value is -1.38. The molecule has 0 aliphatic heterocycles. The van der Waals surface area contributed by atoms with Gasteiger partial charge in [0, 0.05) is 8.94 Å². The molecule has 0 N–H and O–H groups in total. The van der Waals surface area contributed by atoms with E-state index in [1.54, 1.807) is 19.2 Å². The maximum atomic E-state index is 11.4. The lowest BCUT2D eigenvalue weighted by Crippen LogP contribution is -2.08. The number of rotatable bonds is 4. The van der Waals surface area contributed by atoms with Crippen LogP contribution in [0.2, 0.25) is 0 Å². The van der Waals surface area contributed by atoms with Crippen molar-refractivity contribution in [2.75, 3.05) is 6.61 Å². The number of carbonyl (C=O) groups excluding carboxylic acids is 1. The van der Waals surface area contributed by atoms with Crippen LogP contribution >= 0.6 is 0 Å². The number of hydrogen-bond donors (Lipinski definition) is 0. The van der Waals surface area contributed by atoms with Gasteiger partial charge in [-0.1, -0.05) is 13.0 Å². The summed E-state index contributed by atoms with van der Waals surface area (Å²) in [5.41, 5.74) is 1.09. The van der Waals surface area contributed by atoms with Crippen LogP contribution in [0.4, 0.5) is 0 Å². The molecule has 0 spiro atoms. The predicted molar refractivity (Wildman–Crippen MR) is 54.0 cm³/mol. The van der Waals surface area contributed by atoms with Crippen molar-refractivity contribution < 1.29 is 12.3 Å². The smallest absolute Gasteiger partial charge is 0.311 e. The van der Waals surface area contributed by atoms with Crippen molar-refractivity contribution in [3.05, 3.63) is 29.6 Å². The van der Waals surface area contributed by atoms with Crippen LogP contribution in [0.5, 0.6) is 0 Å². The van der Waals surface area contributed by atoms with E-state index in [1.165, 1.54) is 6.07 Å². The summed E-state index contributed by atoms with van der Waals surface area (Å²) in [5, 5.41) is 0. The topological polar surface area (TPSA) is 39.2 Å². The fourth-order valence-electron chi connectivity index (χ4n) is 0.979. The molecule has 0 radical (unpaired) electrons. The standard InChI is InChI=1S/C11H15NO2/c1-3-9-5-6-10(12-8-9)7-11(13)14-4-2/h5-6,8H,3-4,7H2,1-2H3/i7D2. The lowest BCUT2D eigenvalue weighted by Gasteiger charge is -2.01. The fraction of sp³-hybridized carbons (Fsp3) is 0.455. The maximum Gasteiger partial charge on any atom is 0.311 e. The van der Waals surface area contributed by atoms with Crippen LogP contribution < -0.4 is 0 Å². The molecular formula is C11H15NO2. The molecule has 14 heavy (non-hydrogen) atoms. The predicted octanol–water partition coefficient (Wildman–Crippen LogP) is 1.75. The van der Waals surface area contributed by atoms with Gasteiger partial charge in [0.05, 0.1) is 18.7 Å². The third-order valence-corrected chi connectivity index (χ3v) is 1.74. The average molecular weight is 195 g/mol. The first-order valence-electron chi connectivity index (χ1n) is 5.65. The summed E-state index contributed by atoms with van der Waals surface area (Å²) < 4.78 is 19.9. The van der Waals surface area contributed by atoms with Crippen LogP contribution in [0, 0.1) is 0 Å². The normalized spacial score (nSPS) is 13.0. The minimum Gasteiger partial charge on any atom is -0.466 e. The summed E-state index contributed by atoms with van der Waals surface area (Å²) in [6, 6.07) is 3.29. The number of nitrogens with zero attached hydrogens (tertiary/aromatic N) is 1. The molecule has 0 fully saturated rings. The first-order chi connectivity index (χ1) is 7.52. The summed E-state index contributed by atoms with van der Waals surface area (Å²) in [6.07, 6.45) is 0.227. The minimum absolute atomic E-state index is 0.0863. The summed E-state index contributed by atoms with van der Waals surface area (Å²) in [5.74, 6) is -0.897. The van der Waals surface area contributed by atoms with Crippen molar-refractivity contribution in [2.45, 2.75) is 26.6 Å². The Balaban J connectivity index is 2.93. The van der Waals surface area contributed by atoms with E-state index in [1.807, 2.05) is 6.92 Å². The molecule has 1 aromatic rings. The van der Waals surface area contributed by atoms with E-state index >= 15 is 0 Å². The van der Waals surface area contributed by atoms with Gasteiger partial charge >= 0.3 is 5.97 Å². The second-order valence-electron chi connectivity index (χ2n) is 2.75. The number of hydrogen-bond acceptors (Lipinski definition) is 3. The van der Waals surface area contributed by atoms with Gasteiger partial charge in [-0.2, -0.15) is 0 Å². The van der Waals surface area contributed by atoms with Crippen molar-refractivity contribution >= 4 is 5.97 Å². The van der Waals surface area contributed by atoms with Gasteiger partial charge in [-0.25, -0.2) is 0 Å². The molecule has 3 heteroatoms. The van der Waals surface area contributed by atoms with E-state index in [4.69, 9.17) is 2.74 Å². The van der Waals surface area contributed by atoms with Crippen molar-refractivity contribution in [2.24, 2.45) is 0 Å².